The smallest absolute Gasteiger partial charge is 0.120 e. The fraction of sp³-hybridized carbons (Fsp3) is 0.533. The monoisotopic (exact) mass is 259 g/mol. The van der Waals surface area contributed by atoms with E-state index in [0.29, 0.717) is 6.04 Å². The van der Waals surface area contributed by atoms with E-state index < -0.39 is 0 Å². The highest BCUT2D eigenvalue weighted by Crippen LogP contribution is 2.23. The molecule has 2 unspecified atom stereocenters. The summed E-state index contributed by atoms with van der Waals surface area (Å²) in [4.78, 5) is 0. The van der Waals surface area contributed by atoms with E-state index in [1.54, 1.807) is 0 Å². The number of hydrogen-bond acceptors (Lipinski definition) is 3. The van der Waals surface area contributed by atoms with Crippen LogP contribution in [0.25, 0.3) is 0 Å². The van der Waals surface area contributed by atoms with Crippen LogP contribution in [0.3, 0.4) is 0 Å². The van der Waals surface area contributed by atoms with E-state index in [1.807, 2.05) is 6.20 Å². The van der Waals surface area contributed by atoms with Crippen LogP contribution in [-0.2, 0) is 19.3 Å². The molecule has 4 nitrogen and oxygen atoms in total. The minimum absolute atomic E-state index is 0.263. The molecule has 1 aliphatic rings. The van der Waals surface area contributed by atoms with Gasteiger partial charge < -0.3 is 9.73 Å². The van der Waals surface area contributed by atoms with Gasteiger partial charge >= 0.3 is 0 Å². The Kier molecular flexibility index (Phi) is 3.42. The van der Waals surface area contributed by atoms with Crippen LogP contribution >= 0.6 is 0 Å². The highest BCUT2D eigenvalue weighted by Gasteiger charge is 2.22. The van der Waals surface area contributed by atoms with Crippen molar-refractivity contribution < 1.29 is 4.42 Å². The molecule has 2 atom stereocenters. The fourth-order valence-corrected chi connectivity index (χ4v) is 2.81. The summed E-state index contributed by atoms with van der Waals surface area (Å²) >= 11 is 0. The van der Waals surface area contributed by atoms with Crippen molar-refractivity contribution in [3.8, 4) is 0 Å². The summed E-state index contributed by atoms with van der Waals surface area (Å²) < 4.78 is 5.81. The highest BCUT2D eigenvalue weighted by molar-refractivity contribution is 5.21. The van der Waals surface area contributed by atoms with Crippen LogP contribution in [0.4, 0.5) is 0 Å². The summed E-state index contributed by atoms with van der Waals surface area (Å²) in [5.74, 6) is 2.10. The number of nitrogens with zero attached hydrogens (tertiary/aromatic N) is 1. The molecule has 2 aromatic rings. The van der Waals surface area contributed by atoms with Crippen molar-refractivity contribution in [3.05, 3.63) is 41.1 Å². The summed E-state index contributed by atoms with van der Waals surface area (Å²) in [7, 11) is 0. The molecule has 0 aromatic carbocycles. The summed E-state index contributed by atoms with van der Waals surface area (Å²) in [6, 6.07) is 4.93. The molecule has 2 N–H and O–H groups in total. The summed E-state index contributed by atoms with van der Waals surface area (Å²) in [5.41, 5.74) is 2.65. The first kappa shape index (κ1) is 12.5. The topological polar surface area (TPSA) is 53.9 Å². The van der Waals surface area contributed by atoms with Crippen LogP contribution in [0.1, 0.15) is 49.1 Å². The third kappa shape index (κ3) is 2.59. The summed E-state index contributed by atoms with van der Waals surface area (Å²) in [6.07, 6.45) is 6.20. The van der Waals surface area contributed by atoms with Gasteiger partial charge in [-0.3, -0.25) is 5.10 Å². The zero-order valence-corrected chi connectivity index (χ0v) is 11.6. The number of fused-ring (bicyclic) bond motifs is 1. The highest BCUT2D eigenvalue weighted by atomic mass is 16.3. The lowest BCUT2D eigenvalue weighted by Gasteiger charge is -2.25. The molecular formula is C15H21N3O. The van der Waals surface area contributed by atoms with Gasteiger partial charge in [-0.1, -0.05) is 6.92 Å². The molecule has 2 aromatic heterocycles. The van der Waals surface area contributed by atoms with Gasteiger partial charge in [-0.05, 0) is 43.9 Å². The maximum atomic E-state index is 5.81. The quantitative estimate of drug-likeness (QED) is 0.887. The van der Waals surface area contributed by atoms with Crippen molar-refractivity contribution in [3.63, 3.8) is 0 Å². The molecule has 0 bridgehead atoms. The molecule has 0 saturated heterocycles. The predicted molar refractivity (Wildman–Crippen MR) is 74.0 cm³/mol. The third-order valence-corrected chi connectivity index (χ3v) is 3.96. The molecular weight excluding hydrogens is 238 g/mol. The minimum atomic E-state index is 0.263. The second-order valence-corrected chi connectivity index (χ2v) is 5.36. The van der Waals surface area contributed by atoms with Crippen molar-refractivity contribution in [1.82, 2.24) is 15.5 Å². The molecule has 4 heteroatoms. The molecule has 0 amide bonds. The van der Waals surface area contributed by atoms with Crippen LogP contribution in [0.5, 0.6) is 0 Å². The Labute approximate surface area is 113 Å². The first-order chi connectivity index (χ1) is 9.26. The van der Waals surface area contributed by atoms with Gasteiger partial charge in [0.15, 0.2) is 0 Å². The normalized spacial score (nSPS) is 20.2. The Morgan fingerprint density at radius 1 is 1.53 bits per heavy atom. The molecule has 19 heavy (non-hydrogen) atoms. The molecule has 0 saturated carbocycles. The van der Waals surface area contributed by atoms with Crippen LogP contribution in [-0.4, -0.2) is 16.2 Å². The zero-order chi connectivity index (χ0) is 13.2. The van der Waals surface area contributed by atoms with Crippen molar-refractivity contribution >= 4 is 0 Å². The van der Waals surface area contributed by atoms with Gasteiger partial charge in [0.05, 0.1) is 12.2 Å². The van der Waals surface area contributed by atoms with E-state index in [1.165, 1.54) is 11.3 Å². The van der Waals surface area contributed by atoms with Crippen LogP contribution in [0.2, 0.25) is 0 Å². The van der Waals surface area contributed by atoms with Crippen LogP contribution < -0.4 is 5.32 Å². The van der Waals surface area contributed by atoms with Crippen molar-refractivity contribution in [1.29, 1.82) is 0 Å². The Hall–Kier alpha value is -1.55. The number of aromatic amines is 1. The maximum absolute atomic E-state index is 5.81. The largest absolute Gasteiger partial charge is 0.464 e. The standard InChI is InChI=1S/C15H21N3O/c1-3-13-5-7-15(19-13)10(2)17-12-4-6-14-11(8-12)9-16-18-14/h5,7,9-10,12,17H,3-4,6,8H2,1-2H3,(H,16,18). The number of rotatable bonds is 4. The van der Waals surface area contributed by atoms with Gasteiger partial charge in [-0.2, -0.15) is 5.10 Å². The first-order valence-corrected chi connectivity index (χ1v) is 7.12. The number of H-pyrrole nitrogens is 1. The number of hydrogen-bond donors (Lipinski definition) is 2. The van der Waals surface area contributed by atoms with Crippen LogP contribution in [0, 0.1) is 0 Å². The molecule has 2 heterocycles. The second-order valence-electron chi connectivity index (χ2n) is 5.36. The second kappa shape index (κ2) is 5.21. The van der Waals surface area contributed by atoms with E-state index in [9.17, 15) is 0 Å². The van der Waals surface area contributed by atoms with Gasteiger partial charge in [0.1, 0.15) is 11.5 Å². The van der Waals surface area contributed by atoms with Gasteiger partial charge in [0.25, 0.3) is 0 Å². The molecule has 0 spiro atoms. The van der Waals surface area contributed by atoms with E-state index in [-0.39, 0.29) is 6.04 Å². The maximum Gasteiger partial charge on any atom is 0.120 e. The van der Waals surface area contributed by atoms with Crippen molar-refractivity contribution in [2.24, 2.45) is 0 Å². The molecule has 102 valence electrons. The minimum Gasteiger partial charge on any atom is -0.464 e. The lowest BCUT2D eigenvalue weighted by molar-refractivity contribution is 0.357. The number of aromatic nitrogens is 2. The Morgan fingerprint density at radius 2 is 2.42 bits per heavy atom. The summed E-state index contributed by atoms with van der Waals surface area (Å²) in [6.45, 7) is 4.28. The molecule has 0 aliphatic heterocycles. The number of furan rings is 1. The molecule has 0 radical (unpaired) electrons. The average Bonchev–Trinajstić information content (AvgIpc) is 3.06. The van der Waals surface area contributed by atoms with E-state index in [2.05, 4.69) is 41.5 Å². The Morgan fingerprint density at radius 3 is 3.21 bits per heavy atom. The Balaban J connectivity index is 1.63. The lowest BCUT2D eigenvalue weighted by Crippen LogP contribution is -2.36. The van der Waals surface area contributed by atoms with Gasteiger partial charge in [0.2, 0.25) is 0 Å². The molecule has 0 fully saturated rings. The molecule has 1 aliphatic carbocycles. The average molecular weight is 259 g/mol. The van der Waals surface area contributed by atoms with Crippen molar-refractivity contribution in [2.45, 2.75) is 51.6 Å². The van der Waals surface area contributed by atoms with E-state index in [0.717, 1.165) is 37.2 Å². The summed E-state index contributed by atoms with van der Waals surface area (Å²) in [5, 5.41) is 10.9. The SMILES string of the molecule is CCc1ccc(C(C)NC2CCc3[nH]ncc3C2)o1. The van der Waals surface area contributed by atoms with Crippen LogP contribution in [0.15, 0.2) is 22.7 Å². The predicted octanol–water partition coefficient (Wildman–Crippen LogP) is 2.77. The first-order valence-electron chi connectivity index (χ1n) is 7.12. The number of aryl methyl sites for hydroxylation is 2. The molecule has 3 rings (SSSR count). The Bertz CT molecular complexity index is 543. The van der Waals surface area contributed by atoms with E-state index >= 15 is 0 Å². The van der Waals surface area contributed by atoms with Gasteiger partial charge in [-0.25, -0.2) is 0 Å². The third-order valence-electron chi connectivity index (χ3n) is 3.96. The van der Waals surface area contributed by atoms with Gasteiger partial charge in [-0.15, -0.1) is 0 Å². The van der Waals surface area contributed by atoms with E-state index in [4.69, 9.17) is 4.42 Å². The van der Waals surface area contributed by atoms with Gasteiger partial charge in [0, 0.05) is 18.2 Å². The lowest BCUT2D eigenvalue weighted by atomic mass is 9.93. The number of nitrogens with one attached hydrogen (secondary N) is 2. The zero-order valence-electron chi connectivity index (χ0n) is 11.6. The fourth-order valence-electron chi connectivity index (χ4n) is 2.81. The van der Waals surface area contributed by atoms with Crippen molar-refractivity contribution in [2.75, 3.05) is 0 Å².